The Kier molecular flexibility index (Phi) is 17.8. The maximum atomic E-state index is 14.6. The number of hydrogen-bond donors (Lipinski definition) is 3. The Labute approximate surface area is 513 Å². The van der Waals surface area contributed by atoms with Gasteiger partial charge in [0.1, 0.15) is 4.90 Å². The Bertz CT molecular complexity index is 3740. The molecule has 6 amide bonds. The predicted octanol–water partition coefficient (Wildman–Crippen LogP) is 9.30. The van der Waals surface area contributed by atoms with Crippen molar-refractivity contribution in [2.75, 3.05) is 74.9 Å². The van der Waals surface area contributed by atoms with Crippen LogP contribution in [-0.4, -0.2) is 160 Å². The number of sulfonamides is 1. The van der Waals surface area contributed by atoms with Gasteiger partial charge in [0, 0.05) is 110 Å². The first-order chi connectivity index (χ1) is 41.4. The van der Waals surface area contributed by atoms with E-state index in [0.717, 1.165) is 90.0 Å². The van der Waals surface area contributed by atoms with Crippen molar-refractivity contribution in [1.29, 1.82) is 0 Å². The lowest BCUT2D eigenvalue weighted by molar-refractivity contribution is -0.122. The molecule has 5 aromatic carbocycles. The molecule has 6 aliphatic rings. The Balaban J connectivity index is 0.736. The minimum atomic E-state index is -6.17. The monoisotopic (exact) mass is 1270 g/mol. The second kappa shape index (κ2) is 25.0. The van der Waals surface area contributed by atoms with E-state index >= 15 is 0 Å². The quantitative estimate of drug-likeness (QED) is 0.0520. The number of fused-ring (bicyclic) bond motifs is 3. The first kappa shape index (κ1) is 61.8. The van der Waals surface area contributed by atoms with E-state index in [-0.39, 0.29) is 52.9 Å². The van der Waals surface area contributed by atoms with Crippen LogP contribution in [0.3, 0.4) is 0 Å². The van der Waals surface area contributed by atoms with E-state index in [0.29, 0.717) is 56.8 Å². The minimum Gasteiger partial charge on any atom is -0.380 e. The zero-order valence-electron chi connectivity index (χ0n) is 48.0. The van der Waals surface area contributed by atoms with Gasteiger partial charge >= 0.3 is 11.5 Å². The number of halogens is 4. The highest BCUT2D eigenvalue weighted by atomic mass is 35.5. The first-order valence-electron chi connectivity index (χ1n) is 29.0. The van der Waals surface area contributed by atoms with Gasteiger partial charge < -0.3 is 15.1 Å². The number of amides is 6. The predicted molar refractivity (Wildman–Crippen MR) is 325 cm³/mol. The van der Waals surface area contributed by atoms with E-state index in [4.69, 9.17) is 11.6 Å². The number of urea groups is 1. The molecule has 4 saturated heterocycles. The summed E-state index contributed by atoms with van der Waals surface area (Å²) in [5.41, 5.74) is -0.185. The molecular weight excluding hydrogens is 1200 g/mol. The third-order valence-corrected chi connectivity index (χ3v) is 21.6. The maximum Gasteiger partial charge on any atom is 0.501 e. The molecule has 2 bridgehead atoms. The van der Waals surface area contributed by atoms with Gasteiger partial charge in [-0.25, -0.2) is 31.4 Å². The largest absolute Gasteiger partial charge is 0.501 e. The number of hydrazine groups is 1. The molecule has 87 heavy (non-hydrogen) atoms. The van der Waals surface area contributed by atoms with Crippen LogP contribution in [0.15, 0.2) is 136 Å². The molecule has 5 aromatic rings. The Morgan fingerprint density at radius 3 is 2.15 bits per heavy atom. The fraction of sp³-hybridized carbons (Fsp3) is 0.403. The molecule has 2 unspecified atom stereocenters. The van der Waals surface area contributed by atoms with Gasteiger partial charge in [-0.1, -0.05) is 67.4 Å². The van der Waals surface area contributed by atoms with Gasteiger partial charge in [-0.05, 0) is 140 Å². The number of likely N-dealkylation sites (tertiary alicyclic amines) is 1. The molecule has 0 aromatic heterocycles. The lowest BCUT2D eigenvalue weighted by Crippen LogP contribution is -2.58. The summed E-state index contributed by atoms with van der Waals surface area (Å²) >= 11 is 7.63. The zero-order chi connectivity index (χ0) is 61.6. The maximum absolute atomic E-state index is 14.6. The van der Waals surface area contributed by atoms with Crippen LogP contribution in [0.4, 0.5) is 29.3 Å². The number of allylic oxidation sites excluding steroid dienone is 1. The van der Waals surface area contributed by atoms with Crippen LogP contribution >= 0.6 is 23.4 Å². The van der Waals surface area contributed by atoms with Gasteiger partial charge in [0.25, 0.3) is 37.6 Å². The molecule has 1 aliphatic carbocycles. The molecule has 3 N–H and O–H groups in total. The number of nitrogens with zero attached hydrogens (tertiary/aromatic N) is 6. The normalized spacial score (nSPS) is 20.9. The number of thioether (sulfide) groups is 1. The number of anilines is 2. The topological polar surface area (TPSA) is 209 Å². The van der Waals surface area contributed by atoms with Crippen molar-refractivity contribution >= 4 is 89.8 Å². The smallest absolute Gasteiger partial charge is 0.380 e. The molecule has 25 heteroatoms. The minimum absolute atomic E-state index is 0.0344. The van der Waals surface area contributed by atoms with Crippen molar-refractivity contribution in [2.45, 2.75) is 104 Å². The number of rotatable bonds is 19. The highest BCUT2D eigenvalue weighted by molar-refractivity contribution is 7.99. The molecule has 11 rings (SSSR count). The van der Waals surface area contributed by atoms with E-state index in [2.05, 4.69) is 56.2 Å². The number of carbonyl (C=O) groups is 5. The van der Waals surface area contributed by atoms with Crippen molar-refractivity contribution in [2.24, 2.45) is 5.41 Å². The lowest BCUT2D eigenvalue weighted by atomic mass is 9.73. The standard InChI is InChI=1S/C62H67ClF3N9O9S3/c1-61(2)25-22-51(41-9-13-44(63)14-10-41)43(34-61)36-70-28-30-72(31-29-70)46-15-11-42(12-16-46)57(77)69-87(83,84)50-19-21-54(55(33-50)86(81,82)62(64,65)66)67-45(39-85-49-6-4-3-5-7-49)23-26-71-37-47-17-18-48(38-71)73(47)35-40-8-20-52-53(32-40)59(79)75(58(52)78)74-27-24-56(76)68-60(74)80/h3-16,19-21,32-33,45,47-48,67H,17-18,22-31,34-39H2,1-2H3,(H,69,77)(H,68,76,80)/t45-,47?,48?/m1/s1. The van der Waals surface area contributed by atoms with Crippen molar-refractivity contribution < 1.29 is 54.0 Å². The average molecular weight is 1270 g/mol. The number of piperazine rings is 2. The third-order valence-electron chi connectivity index (χ3n) is 17.4. The molecule has 3 atom stereocenters. The SMILES string of the molecule is CC1(C)CCC(c2ccc(Cl)cc2)=C(CN2CCN(c3ccc(C(=O)NS(=O)(=O)c4ccc(N[C@H](CCN5CC6CCC(C5)N6Cc5ccc6c(c5)C(=O)N(N5CCC(=O)NC5=O)C6=O)CSc5ccccc5)c(S(=O)(=O)C(F)(F)F)c4)cc3)CC2)C1. The van der Waals surface area contributed by atoms with Crippen LogP contribution in [0.25, 0.3) is 5.57 Å². The molecule has 5 heterocycles. The van der Waals surface area contributed by atoms with Gasteiger partial charge in [-0.15, -0.1) is 11.8 Å². The number of hydrogen-bond acceptors (Lipinski definition) is 15. The van der Waals surface area contributed by atoms with Crippen molar-refractivity contribution in [3.05, 3.63) is 154 Å². The molecule has 4 fully saturated rings. The summed E-state index contributed by atoms with van der Waals surface area (Å²) in [5, 5.41) is 7.61. The number of alkyl halides is 3. The number of imide groups is 2. The number of benzene rings is 5. The number of nitrogens with one attached hydrogen (secondary N) is 3. The average Bonchev–Trinajstić information content (AvgIpc) is 1.97. The summed E-state index contributed by atoms with van der Waals surface area (Å²) in [6.07, 6.45) is 5.12. The fourth-order valence-electron chi connectivity index (χ4n) is 12.7. The van der Waals surface area contributed by atoms with Gasteiger partial charge in [-0.2, -0.15) is 18.2 Å². The lowest BCUT2D eigenvalue weighted by Gasteiger charge is -2.41. The highest BCUT2D eigenvalue weighted by Gasteiger charge is 2.49. The van der Waals surface area contributed by atoms with Gasteiger partial charge in [-0.3, -0.25) is 34.3 Å². The van der Waals surface area contributed by atoms with E-state index < -0.39 is 76.5 Å². The highest BCUT2D eigenvalue weighted by Crippen LogP contribution is 2.44. The van der Waals surface area contributed by atoms with Gasteiger partial charge in [0.05, 0.1) is 28.3 Å². The molecule has 5 aliphatic heterocycles. The molecule has 0 saturated carbocycles. The first-order valence-corrected chi connectivity index (χ1v) is 33.3. The van der Waals surface area contributed by atoms with Crippen LogP contribution in [0.2, 0.25) is 5.02 Å². The Morgan fingerprint density at radius 2 is 1.47 bits per heavy atom. The fourth-order valence-corrected chi connectivity index (χ4v) is 15.9. The summed E-state index contributed by atoms with van der Waals surface area (Å²) < 4.78 is 100. The third kappa shape index (κ3) is 13.6. The molecule has 18 nitrogen and oxygen atoms in total. The van der Waals surface area contributed by atoms with Gasteiger partial charge in [0.15, 0.2) is 0 Å². The van der Waals surface area contributed by atoms with E-state index in [1.165, 1.54) is 40.6 Å². The molecule has 0 spiro atoms. The Hall–Kier alpha value is -6.80. The van der Waals surface area contributed by atoms with E-state index in [1.54, 1.807) is 30.3 Å². The van der Waals surface area contributed by atoms with Crippen LogP contribution in [0.1, 0.15) is 101 Å². The van der Waals surface area contributed by atoms with E-state index in [9.17, 15) is 54.0 Å². The van der Waals surface area contributed by atoms with Crippen molar-refractivity contribution in [1.82, 2.24) is 34.8 Å². The van der Waals surface area contributed by atoms with Crippen LogP contribution in [0, 0.1) is 5.41 Å². The van der Waals surface area contributed by atoms with Crippen molar-refractivity contribution in [3.8, 4) is 0 Å². The summed E-state index contributed by atoms with van der Waals surface area (Å²) in [7, 11) is -11.1. The number of sulfone groups is 1. The van der Waals surface area contributed by atoms with Crippen LogP contribution in [-0.2, 0) is 31.2 Å². The van der Waals surface area contributed by atoms with E-state index in [1.807, 2.05) is 47.2 Å². The summed E-state index contributed by atoms with van der Waals surface area (Å²) in [5.74, 6) is -2.59. The molecule has 460 valence electrons. The summed E-state index contributed by atoms with van der Waals surface area (Å²) in [6.45, 7) is 10.6. The van der Waals surface area contributed by atoms with Crippen LogP contribution in [0.5, 0.6) is 0 Å². The zero-order valence-corrected chi connectivity index (χ0v) is 51.2. The molecular formula is C62H67ClF3N9O9S3. The van der Waals surface area contributed by atoms with Crippen LogP contribution < -0.4 is 20.3 Å². The number of carbonyl (C=O) groups excluding carboxylic acids is 5. The molecule has 0 radical (unpaired) electrons. The van der Waals surface area contributed by atoms with Gasteiger partial charge in [0.2, 0.25) is 5.91 Å². The summed E-state index contributed by atoms with van der Waals surface area (Å²) in [6, 6.07) is 29.8. The Morgan fingerprint density at radius 1 is 0.782 bits per heavy atom. The van der Waals surface area contributed by atoms with Crippen molar-refractivity contribution in [3.63, 3.8) is 0 Å². The summed E-state index contributed by atoms with van der Waals surface area (Å²) in [4.78, 5) is 72.7. The second-order valence-corrected chi connectivity index (χ2v) is 29.0. The second-order valence-electron chi connectivity index (χ2n) is 23.9.